The Kier molecular flexibility index (Phi) is 27.0. The molecular weight excluding hydrogens is 1600 g/mol. The average Bonchev–Trinajstić information content (AvgIpc) is 1.60. The molecule has 0 bridgehead atoms. The Balaban J connectivity index is 0.000000132. The van der Waals surface area contributed by atoms with Crippen LogP contribution >= 0.6 is 37.2 Å². The van der Waals surface area contributed by atoms with Crippen LogP contribution in [0.25, 0.3) is 87.2 Å². The fourth-order valence-electron chi connectivity index (χ4n) is 15.8. The molecule has 4 saturated heterocycles. The van der Waals surface area contributed by atoms with E-state index < -0.39 is 0 Å². The van der Waals surface area contributed by atoms with Crippen molar-refractivity contribution >= 4 is 194 Å². The lowest BCUT2D eigenvalue weighted by Gasteiger charge is -2.33. The Hall–Kier alpha value is -12.2. The summed E-state index contributed by atoms with van der Waals surface area (Å²) in [6.07, 6.45) is 20.7. The van der Waals surface area contributed by atoms with Gasteiger partial charge in [0.25, 0.3) is 0 Å². The quantitative estimate of drug-likeness (QED) is 0.0472. The smallest absolute Gasteiger partial charge is 0.228 e. The number of fused-ring (bicyclic) bond motifs is 12. The first-order chi connectivity index (χ1) is 58.0. The van der Waals surface area contributed by atoms with Crippen LogP contribution < -0.4 is 56.8 Å². The van der Waals surface area contributed by atoms with Crippen LogP contribution in [-0.4, -0.2) is 216 Å². The van der Waals surface area contributed by atoms with E-state index in [1.54, 1.807) is 0 Å². The lowest BCUT2D eigenvalue weighted by molar-refractivity contribution is 0.313. The number of pyridine rings is 4. The van der Waals surface area contributed by atoms with Crippen LogP contribution in [0.15, 0.2) is 159 Å². The summed E-state index contributed by atoms with van der Waals surface area (Å²) >= 11 is 0. The molecule has 0 amide bonds. The number of nitrogens with zero attached hydrogens (tertiary/aromatic N) is 25. The summed E-state index contributed by atoms with van der Waals surface area (Å²) in [6, 6.07) is 31.8. The van der Waals surface area contributed by atoms with Gasteiger partial charge in [0.2, 0.25) is 23.8 Å². The molecular formula is C87H105Cl3N32. The zero-order valence-corrected chi connectivity index (χ0v) is 73.0. The summed E-state index contributed by atoms with van der Waals surface area (Å²) in [4.78, 5) is 67.5. The zero-order valence-electron chi connectivity index (χ0n) is 70.5. The van der Waals surface area contributed by atoms with Crippen molar-refractivity contribution in [2.75, 3.05) is 153 Å². The van der Waals surface area contributed by atoms with Gasteiger partial charge in [0, 0.05) is 197 Å². The molecule has 7 N–H and O–H groups in total. The Morgan fingerprint density at radius 3 is 0.943 bits per heavy atom. The van der Waals surface area contributed by atoms with E-state index in [-0.39, 0.29) is 61.4 Å². The van der Waals surface area contributed by atoms with Gasteiger partial charge in [-0.2, -0.15) is 20.4 Å². The Morgan fingerprint density at radius 2 is 0.607 bits per heavy atom. The number of anilines is 12. The van der Waals surface area contributed by atoms with Gasteiger partial charge in [0.1, 0.15) is 45.3 Å². The molecule has 0 saturated carbocycles. The first kappa shape index (κ1) is 86.2. The summed E-state index contributed by atoms with van der Waals surface area (Å²) in [5, 5.41) is 49.6. The van der Waals surface area contributed by atoms with Gasteiger partial charge in [0.05, 0.1) is 93.9 Å². The number of aromatic nitrogens is 20. The van der Waals surface area contributed by atoms with Gasteiger partial charge in [-0.1, -0.05) is 48.5 Å². The highest BCUT2D eigenvalue weighted by Gasteiger charge is 2.23. The van der Waals surface area contributed by atoms with Crippen molar-refractivity contribution in [3.05, 3.63) is 170 Å². The molecule has 35 heteroatoms. The number of hydrogen-bond acceptors (Lipinski definition) is 28. The third kappa shape index (κ3) is 18.8. The molecule has 20 rings (SSSR count). The molecule has 0 unspecified atom stereocenters. The van der Waals surface area contributed by atoms with E-state index in [0.717, 1.165) is 232 Å². The van der Waals surface area contributed by atoms with E-state index in [4.69, 9.17) is 24.9 Å². The van der Waals surface area contributed by atoms with Gasteiger partial charge in [-0.3, -0.25) is 18.7 Å². The number of likely N-dealkylation sites (N-methyl/N-ethyl adjacent to an activating group) is 1. The predicted octanol–water partition coefficient (Wildman–Crippen LogP) is 14.7. The van der Waals surface area contributed by atoms with Gasteiger partial charge in [-0.05, 0) is 124 Å². The van der Waals surface area contributed by atoms with Crippen LogP contribution in [0, 0.1) is 13.8 Å². The van der Waals surface area contributed by atoms with Crippen molar-refractivity contribution < 1.29 is 0 Å². The highest BCUT2D eigenvalue weighted by atomic mass is 35.5. The van der Waals surface area contributed by atoms with Crippen LogP contribution in [0.1, 0.15) is 90.8 Å². The Bertz CT molecular complexity index is 6070. The summed E-state index contributed by atoms with van der Waals surface area (Å²) in [6.45, 7) is 37.4. The first-order valence-corrected chi connectivity index (χ1v) is 41.2. The minimum atomic E-state index is 0. The number of nitrogens with one attached hydrogen (secondary N) is 7. The molecule has 16 aromatic rings. The standard InChI is InChI=1S/3C22H26N8.C21H24N8.3ClH/c1-14(2)30-21-17(12-26-30)5-4-16-11-25-22(28-20(16)21)27-19-10-15(3)18(13-24-19)29-8-6-23-7-9-29;1-15(2)30-21-17(13-25-30)5-4-16-12-24-22(27-20(16)21)26-19-7-6-18(14-23-19)29-10-8-28(3)9-11-29;1-14(2)30-21-17(13-25-30)5-4-16-12-24-22(28-20(16)21)27-19-7-6-18(15(3)26-19)29-10-8-23-9-11-29;1-14(2)29-20-16(12-25-29)4-3-15-11-24-21(27-19(15)20)26-18-6-5-17(13-23-18)28-9-7-22-8-10-28;;;/h4-5,10-14,23H,6-9H2,1-3H3,(H,24,25,27,28);4-7,12-15H,8-11H2,1-3H3,(H,23,24,26,27);4-7,12-14,23H,8-11H2,1-3H3,(H,24,26,27,28);3-6,11-14,22H,7-10H2,1-2H3,(H,23,24,26,27);3*1H. The van der Waals surface area contributed by atoms with E-state index in [9.17, 15) is 0 Å². The molecule has 4 aromatic carbocycles. The second-order valence-corrected chi connectivity index (χ2v) is 31.7. The second-order valence-electron chi connectivity index (χ2n) is 31.7. The summed E-state index contributed by atoms with van der Waals surface area (Å²) in [7, 11) is 2.16. The molecule has 16 heterocycles. The number of rotatable bonds is 16. The molecule has 12 aromatic heterocycles. The minimum Gasteiger partial charge on any atom is -0.368 e. The fraction of sp³-hybridized carbons (Fsp3) is 0.356. The molecule has 4 fully saturated rings. The van der Waals surface area contributed by atoms with Crippen molar-refractivity contribution in [3.63, 3.8) is 0 Å². The molecule has 32 nitrogen and oxygen atoms in total. The molecule has 0 aliphatic carbocycles. The second kappa shape index (κ2) is 38.3. The van der Waals surface area contributed by atoms with Crippen molar-refractivity contribution in [1.82, 2.24) is 120 Å². The predicted molar refractivity (Wildman–Crippen MR) is 499 cm³/mol. The van der Waals surface area contributed by atoms with Gasteiger partial charge in [-0.15, -0.1) is 37.2 Å². The Morgan fingerprint density at radius 1 is 0.295 bits per heavy atom. The number of halogens is 3. The fourth-order valence-corrected chi connectivity index (χ4v) is 15.8. The van der Waals surface area contributed by atoms with E-state index in [1.807, 2.05) is 129 Å². The maximum Gasteiger partial charge on any atom is 0.228 e. The van der Waals surface area contributed by atoms with Crippen LogP contribution in [-0.2, 0) is 0 Å². The Labute approximate surface area is 726 Å². The van der Waals surface area contributed by atoms with Crippen molar-refractivity contribution in [2.24, 2.45) is 0 Å². The summed E-state index contributed by atoms with van der Waals surface area (Å²) < 4.78 is 8.05. The molecule has 4 aliphatic rings. The molecule has 4 aliphatic heterocycles. The van der Waals surface area contributed by atoms with E-state index in [2.05, 4.69) is 242 Å². The van der Waals surface area contributed by atoms with Crippen molar-refractivity contribution in [1.29, 1.82) is 0 Å². The van der Waals surface area contributed by atoms with Gasteiger partial charge in [0.15, 0.2) is 0 Å². The molecule has 0 spiro atoms. The molecule has 122 heavy (non-hydrogen) atoms. The van der Waals surface area contributed by atoms with Crippen molar-refractivity contribution in [3.8, 4) is 0 Å². The van der Waals surface area contributed by atoms with Crippen LogP contribution in [0.5, 0.6) is 0 Å². The van der Waals surface area contributed by atoms with Crippen LogP contribution in [0.2, 0.25) is 0 Å². The third-order valence-electron chi connectivity index (χ3n) is 22.0. The van der Waals surface area contributed by atoms with Gasteiger partial charge < -0.3 is 61.7 Å². The highest BCUT2D eigenvalue weighted by Crippen LogP contribution is 2.34. The third-order valence-corrected chi connectivity index (χ3v) is 22.0. The summed E-state index contributed by atoms with van der Waals surface area (Å²) in [5.41, 5.74) is 14.6. The van der Waals surface area contributed by atoms with E-state index >= 15 is 0 Å². The summed E-state index contributed by atoms with van der Waals surface area (Å²) in [5.74, 6) is 5.09. The van der Waals surface area contributed by atoms with Crippen molar-refractivity contribution in [2.45, 2.75) is 93.4 Å². The van der Waals surface area contributed by atoms with E-state index in [1.165, 1.54) is 16.9 Å². The van der Waals surface area contributed by atoms with Crippen LogP contribution in [0.3, 0.4) is 0 Å². The lowest BCUT2D eigenvalue weighted by Crippen LogP contribution is -2.44. The highest BCUT2D eigenvalue weighted by molar-refractivity contribution is 6.06. The van der Waals surface area contributed by atoms with Gasteiger partial charge >= 0.3 is 0 Å². The first-order valence-electron chi connectivity index (χ1n) is 41.2. The normalized spacial score (nSPS) is 14.5. The lowest BCUT2D eigenvalue weighted by atomic mass is 10.2. The number of hydrogen-bond donors (Lipinski definition) is 7. The minimum absolute atomic E-state index is 0. The number of benzene rings is 4. The van der Waals surface area contributed by atoms with E-state index in [0.29, 0.717) is 23.8 Å². The zero-order chi connectivity index (χ0) is 81.8. The van der Waals surface area contributed by atoms with Gasteiger partial charge in [-0.25, -0.2) is 59.8 Å². The maximum absolute atomic E-state index is 4.81. The number of piperazine rings is 4. The largest absolute Gasteiger partial charge is 0.368 e. The monoisotopic (exact) mass is 1700 g/mol. The SMILES string of the molecule is CC(C)n1ncc2ccc3cnc(Nc4ccc(N5CCN(C)CC5)cn4)nc3c21.CC(C)n1ncc2ccc3cnc(Nc4ccc(N5CCNCC5)cn4)nc3c21.Cc1cc(Nc2ncc3ccc4cnn(C(C)C)c4c3n2)ncc1N1CCNCC1.Cc1nc(Nc2ncc3ccc4cnn(C(C)C)c4c3n2)ccc1N1CCNCC1.Cl.Cl.Cl. The van der Waals surface area contributed by atoms with Crippen LogP contribution in [0.4, 0.5) is 69.8 Å². The molecule has 0 atom stereocenters. The maximum atomic E-state index is 4.81. The molecule has 0 radical (unpaired) electrons. The average molecular weight is 1710 g/mol. The number of aryl methyl sites for hydroxylation is 2. The molecule has 634 valence electrons. The topological polar surface area (TPSA) is 326 Å².